The first-order chi connectivity index (χ1) is 10.2. The van der Waals surface area contributed by atoms with Gasteiger partial charge in [-0.25, -0.2) is 0 Å². The molecule has 1 heterocycles. The predicted molar refractivity (Wildman–Crippen MR) is 86.4 cm³/mol. The zero-order chi connectivity index (χ0) is 15.7. The number of aromatic nitrogens is 2. The van der Waals surface area contributed by atoms with Gasteiger partial charge < -0.3 is 10.6 Å². The van der Waals surface area contributed by atoms with Gasteiger partial charge in [-0.3, -0.25) is 9.48 Å². The molecule has 0 spiro atoms. The summed E-state index contributed by atoms with van der Waals surface area (Å²) < 4.78 is 1.89. The highest BCUT2D eigenvalue weighted by Gasteiger charge is 2.19. The summed E-state index contributed by atoms with van der Waals surface area (Å²) in [6.07, 6.45) is 6.89. The molecule has 2 N–H and O–H groups in total. The Bertz CT molecular complexity index is 420. The third kappa shape index (κ3) is 5.16. The number of rotatable bonds is 10. The minimum Gasteiger partial charge on any atom is -0.339 e. The fourth-order valence-corrected chi connectivity index (χ4v) is 2.31. The van der Waals surface area contributed by atoms with Crippen LogP contribution in [0, 0.1) is 6.92 Å². The fraction of sp³-hybridized carbons (Fsp3) is 0.750. The van der Waals surface area contributed by atoms with E-state index in [1.807, 2.05) is 16.5 Å². The Morgan fingerprint density at radius 2 is 1.86 bits per heavy atom. The molecular formula is C16H30N4O. The molecule has 5 heteroatoms. The maximum atomic E-state index is 12.7. The maximum Gasteiger partial charge on any atom is 0.257 e. The number of unbranched alkanes of at least 4 members (excludes halogenated alkanes) is 2. The lowest BCUT2D eigenvalue weighted by atomic mass is 10.2. The largest absolute Gasteiger partial charge is 0.339 e. The number of nitrogens with zero attached hydrogens (tertiary/aromatic N) is 3. The van der Waals surface area contributed by atoms with Gasteiger partial charge in [-0.05, 0) is 32.7 Å². The average molecular weight is 294 g/mol. The van der Waals surface area contributed by atoms with E-state index in [2.05, 4.69) is 18.9 Å². The second kappa shape index (κ2) is 9.55. The maximum absolute atomic E-state index is 12.7. The van der Waals surface area contributed by atoms with Crippen molar-refractivity contribution in [2.24, 2.45) is 5.73 Å². The number of carbonyl (C=O) groups is 1. The van der Waals surface area contributed by atoms with Crippen molar-refractivity contribution in [1.82, 2.24) is 14.7 Å². The van der Waals surface area contributed by atoms with Gasteiger partial charge in [-0.15, -0.1) is 0 Å². The first-order valence-electron chi connectivity index (χ1n) is 8.17. The van der Waals surface area contributed by atoms with Crippen LogP contribution in [0.5, 0.6) is 0 Å². The highest BCUT2D eigenvalue weighted by molar-refractivity contribution is 5.95. The predicted octanol–water partition coefficient (Wildman–Crippen LogP) is 2.58. The fourth-order valence-electron chi connectivity index (χ4n) is 2.31. The van der Waals surface area contributed by atoms with Gasteiger partial charge in [-0.2, -0.15) is 5.10 Å². The van der Waals surface area contributed by atoms with E-state index < -0.39 is 0 Å². The van der Waals surface area contributed by atoms with E-state index in [1.165, 1.54) is 0 Å². The summed E-state index contributed by atoms with van der Waals surface area (Å²) >= 11 is 0. The van der Waals surface area contributed by atoms with Crippen LogP contribution < -0.4 is 5.73 Å². The Labute approximate surface area is 128 Å². The lowest BCUT2D eigenvalue weighted by Gasteiger charge is -2.22. The Balaban J connectivity index is 2.79. The van der Waals surface area contributed by atoms with Crippen LogP contribution >= 0.6 is 0 Å². The smallest absolute Gasteiger partial charge is 0.257 e. The number of hydrogen-bond acceptors (Lipinski definition) is 3. The first kappa shape index (κ1) is 17.7. The van der Waals surface area contributed by atoms with Crippen LogP contribution in [-0.2, 0) is 6.54 Å². The minimum atomic E-state index is 0.119. The van der Waals surface area contributed by atoms with Crippen molar-refractivity contribution in [3.63, 3.8) is 0 Å². The van der Waals surface area contributed by atoms with Crippen molar-refractivity contribution in [3.8, 4) is 0 Å². The van der Waals surface area contributed by atoms with Crippen molar-refractivity contribution < 1.29 is 4.79 Å². The molecule has 0 radical (unpaired) electrons. The van der Waals surface area contributed by atoms with Crippen LogP contribution in [0.4, 0.5) is 0 Å². The van der Waals surface area contributed by atoms with E-state index in [1.54, 1.807) is 6.20 Å². The molecule has 0 aliphatic heterocycles. The average Bonchev–Trinajstić information content (AvgIpc) is 2.85. The second-order valence-electron chi connectivity index (χ2n) is 5.51. The van der Waals surface area contributed by atoms with E-state index in [0.717, 1.165) is 63.0 Å². The van der Waals surface area contributed by atoms with E-state index in [4.69, 9.17) is 5.73 Å². The zero-order valence-electron chi connectivity index (χ0n) is 13.8. The Morgan fingerprint density at radius 3 is 2.38 bits per heavy atom. The number of nitrogens with two attached hydrogens (primary N) is 1. The number of carbonyl (C=O) groups excluding carboxylic acids is 1. The summed E-state index contributed by atoms with van der Waals surface area (Å²) in [7, 11) is 0. The lowest BCUT2D eigenvalue weighted by molar-refractivity contribution is 0.0750. The molecule has 0 fully saturated rings. The third-order valence-electron chi connectivity index (χ3n) is 3.76. The quantitative estimate of drug-likeness (QED) is 0.721. The molecule has 21 heavy (non-hydrogen) atoms. The molecule has 1 aromatic rings. The molecule has 120 valence electrons. The summed E-state index contributed by atoms with van der Waals surface area (Å²) in [6, 6.07) is 0. The Hall–Kier alpha value is -1.36. The van der Waals surface area contributed by atoms with Crippen LogP contribution in [0.15, 0.2) is 6.20 Å². The van der Waals surface area contributed by atoms with Crippen molar-refractivity contribution in [3.05, 3.63) is 17.5 Å². The van der Waals surface area contributed by atoms with Crippen LogP contribution in [0.3, 0.4) is 0 Å². The molecule has 1 amide bonds. The van der Waals surface area contributed by atoms with Crippen molar-refractivity contribution in [2.45, 2.75) is 59.4 Å². The molecule has 0 aliphatic carbocycles. The van der Waals surface area contributed by atoms with E-state index in [0.29, 0.717) is 6.54 Å². The number of amides is 1. The monoisotopic (exact) mass is 294 g/mol. The van der Waals surface area contributed by atoms with Gasteiger partial charge in [-0.1, -0.05) is 26.7 Å². The van der Waals surface area contributed by atoms with Gasteiger partial charge in [0.25, 0.3) is 5.91 Å². The van der Waals surface area contributed by atoms with Gasteiger partial charge in [0.1, 0.15) is 0 Å². The van der Waals surface area contributed by atoms with Gasteiger partial charge in [0.15, 0.2) is 0 Å². The third-order valence-corrected chi connectivity index (χ3v) is 3.76. The molecule has 0 saturated heterocycles. The summed E-state index contributed by atoms with van der Waals surface area (Å²) in [5.74, 6) is 0.119. The van der Waals surface area contributed by atoms with Crippen LogP contribution in [0.1, 0.15) is 62.0 Å². The second-order valence-corrected chi connectivity index (χ2v) is 5.51. The molecule has 0 aromatic carbocycles. The standard InChI is InChI=1S/C16H30N4O/c1-4-6-10-19(11-7-5-2)16(21)15-13-18-20(14(15)3)12-8-9-17/h13H,4-12,17H2,1-3H3. The number of hydrogen-bond donors (Lipinski definition) is 1. The lowest BCUT2D eigenvalue weighted by Crippen LogP contribution is -2.33. The van der Waals surface area contributed by atoms with E-state index in [9.17, 15) is 4.79 Å². The topological polar surface area (TPSA) is 64.2 Å². The zero-order valence-corrected chi connectivity index (χ0v) is 13.8. The molecule has 0 atom stereocenters. The molecule has 0 unspecified atom stereocenters. The molecular weight excluding hydrogens is 264 g/mol. The highest BCUT2D eigenvalue weighted by Crippen LogP contribution is 2.13. The minimum absolute atomic E-state index is 0.119. The SMILES string of the molecule is CCCCN(CCCC)C(=O)c1cnn(CCCN)c1C. The molecule has 0 saturated carbocycles. The molecule has 1 aromatic heterocycles. The van der Waals surface area contributed by atoms with Gasteiger partial charge in [0, 0.05) is 25.3 Å². The highest BCUT2D eigenvalue weighted by atomic mass is 16.2. The van der Waals surface area contributed by atoms with Crippen molar-refractivity contribution in [1.29, 1.82) is 0 Å². The van der Waals surface area contributed by atoms with Crippen LogP contribution in [-0.4, -0.2) is 40.2 Å². The summed E-state index contributed by atoms with van der Waals surface area (Å²) in [5.41, 5.74) is 7.22. The van der Waals surface area contributed by atoms with E-state index >= 15 is 0 Å². The van der Waals surface area contributed by atoms with E-state index in [-0.39, 0.29) is 5.91 Å². The van der Waals surface area contributed by atoms with Crippen molar-refractivity contribution >= 4 is 5.91 Å². The van der Waals surface area contributed by atoms with Crippen molar-refractivity contribution in [2.75, 3.05) is 19.6 Å². The summed E-state index contributed by atoms with van der Waals surface area (Å²) in [4.78, 5) is 14.7. The molecule has 0 aliphatic rings. The first-order valence-corrected chi connectivity index (χ1v) is 8.17. The summed E-state index contributed by atoms with van der Waals surface area (Å²) in [5, 5.41) is 4.33. The van der Waals surface area contributed by atoms with Crippen LogP contribution in [0.25, 0.3) is 0 Å². The normalized spacial score (nSPS) is 10.9. The Morgan fingerprint density at radius 1 is 1.24 bits per heavy atom. The number of aryl methyl sites for hydroxylation is 1. The summed E-state index contributed by atoms with van der Waals surface area (Å²) in [6.45, 7) is 9.36. The van der Waals surface area contributed by atoms with Gasteiger partial charge in [0.05, 0.1) is 11.8 Å². The van der Waals surface area contributed by atoms with Gasteiger partial charge in [0.2, 0.25) is 0 Å². The molecule has 5 nitrogen and oxygen atoms in total. The molecule has 0 bridgehead atoms. The van der Waals surface area contributed by atoms with Gasteiger partial charge >= 0.3 is 0 Å². The molecule has 1 rings (SSSR count). The van der Waals surface area contributed by atoms with Crippen LogP contribution in [0.2, 0.25) is 0 Å². The Kier molecular flexibility index (Phi) is 8.05.